The van der Waals surface area contributed by atoms with Crippen LogP contribution in [0.1, 0.15) is 41.6 Å². The molecule has 0 spiro atoms. The highest BCUT2D eigenvalue weighted by Crippen LogP contribution is 2.32. The predicted octanol–water partition coefficient (Wildman–Crippen LogP) is 3.02. The van der Waals surface area contributed by atoms with Crippen molar-refractivity contribution in [2.45, 2.75) is 32.1 Å². The molecule has 0 saturated carbocycles. The molecule has 1 aromatic rings. The van der Waals surface area contributed by atoms with E-state index >= 15 is 0 Å². The number of carboxylic acids is 1. The number of carbonyl (C=O) groups excluding carboxylic acids is 1. The fourth-order valence-corrected chi connectivity index (χ4v) is 3.29. The third-order valence-electron chi connectivity index (χ3n) is 4.37. The van der Waals surface area contributed by atoms with Crippen LogP contribution in [-0.4, -0.2) is 23.5 Å². The molecule has 1 amide bonds. The van der Waals surface area contributed by atoms with Crippen LogP contribution in [0.4, 0.5) is 5.69 Å². The standard InChI is InChI=1S/C17H19NO3/c19-16(12-6-2-1-3-7-12)18-11-5-9-13-14(17(20)21)8-4-10-15(13)18/h1-2,4,8,10,12H,3,5-7,9,11H2,(H,20,21). The summed E-state index contributed by atoms with van der Waals surface area (Å²) < 4.78 is 0. The number of rotatable bonds is 2. The molecule has 4 heteroatoms. The van der Waals surface area contributed by atoms with Crippen LogP contribution in [-0.2, 0) is 11.2 Å². The van der Waals surface area contributed by atoms with Gasteiger partial charge in [-0.15, -0.1) is 0 Å². The van der Waals surface area contributed by atoms with Crippen LogP contribution < -0.4 is 4.90 Å². The number of aromatic carboxylic acids is 1. The molecule has 21 heavy (non-hydrogen) atoms. The number of allylic oxidation sites excluding steroid dienone is 2. The molecule has 1 atom stereocenters. The summed E-state index contributed by atoms with van der Waals surface area (Å²) in [6.07, 6.45) is 8.38. The Hall–Kier alpha value is -2.10. The van der Waals surface area contributed by atoms with Crippen molar-refractivity contribution in [2.75, 3.05) is 11.4 Å². The van der Waals surface area contributed by atoms with Crippen molar-refractivity contribution in [3.05, 3.63) is 41.5 Å². The number of hydrogen-bond donors (Lipinski definition) is 1. The molecule has 2 aliphatic rings. The average molecular weight is 285 g/mol. The van der Waals surface area contributed by atoms with Crippen molar-refractivity contribution < 1.29 is 14.7 Å². The normalized spacial score (nSPS) is 21.0. The monoisotopic (exact) mass is 285 g/mol. The van der Waals surface area contributed by atoms with Crippen LogP contribution in [0.2, 0.25) is 0 Å². The van der Waals surface area contributed by atoms with Crippen molar-refractivity contribution in [3.63, 3.8) is 0 Å². The van der Waals surface area contributed by atoms with Gasteiger partial charge >= 0.3 is 5.97 Å². The van der Waals surface area contributed by atoms with Gasteiger partial charge in [-0.25, -0.2) is 4.79 Å². The van der Waals surface area contributed by atoms with E-state index in [1.165, 1.54) is 0 Å². The smallest absolute Gasteiger partial charge is 0.336 e. The summed E-state index contributed by atoms with van der Waals surface area (Å²) in [4.78, 5) is 25.9. The van der Waals surface area contributed by atoms with Crippen molar-refractivity contribution >= 4 is 17.6 Å². The highest BCUT2D eigenvalue weighted by molar-refractivity contribution is 5.99. The summed E-state index contributed by atoms with van der Waals surface area (Å²) in [5, 5.41) is 9.30. The van der Waals surface area contributed by atoms with Gasteiger partial charge in [0.2, 0.25) is 5.91 Å². The van der Waals surface area contributed by atoms with E-state index in [0.717, 1.165) is 43.4 Å². The summed E-state index contributed by atoms with van der Waals surface area (Å²) in [6.45, 7) is 0.690. The van der Waals surface area contributed by atoms with E-state index in [2.05, 4.69) is 12.2 Å². The van der Waals surface area contributed by atoms with Gasteiger partial charge in [-0.3, -0.25) is 4.79 Å². The van der Waals surface area contributed by atoms with Gasteiger partial charge in [0.15, 0.2) is 0 Å². The Balaban J connectivity index is 1.93. The number of carboxylic acid groups (broad SMARTS) is 1. The Bertz CT molecular complexity index is 606. The lowest BCUT2D eigenvalue weighted by Crippen LogP contribution is -2.40. The molecular formula is C17H19NO3. The summed E-state index contributed by atoms with van der Waals surface area (Å²) in [6, 6.07) is 5.23. The Morgan fingerprint density at radius 3 is 2.81 bits per heavy atom. The van der Waals surface area contributed by atoms with Gasteiger partial charge in [0.1, 0.15) is 0 Å². The molecule has 0 saturated heterocycles. The lowest BCUT2D eigenvalue weighted by atomic mass is 9.90. The van der Waals surface area contributed by atoms with Gasteiger partial charge in [-0.2, -0.15) is 0 Å². The zero-order valence-corrected chi connectivity index (χ0v) is 11.9. The van der Waals surface area contributed by atoms with E-state index < -0.39 is 5.97 Å². The van der Waals surface area contributed by atoms with Gasteiger partial charge in [0.25, 0.3) is 0 Å². The largest absolute Gasteiger partial charge is 0.478 e. The SMILES string of the molecule is O=C(O)c1cccc2c1CCCN2C(=O)C1CC=CCC1. The third-order valence-corrected chi connectivity index (χ3v) is 4.37. The molecule has 1 aromatic carbocycles. The molecule has 110 valence electrons. The number of fused-ring (bicyclic) bond motifs is 1. The molecule has 0 bridgehead atoms. The zero-order valence-electron chi connectivity index (χ0n) is 11.9. The fraction of sp³-hybridized carbons (Fsp3) is 0.412. The minimum atomic E-state index is -0.915. The second-order valence-corrected chi connectivity index (χ2v) is 5.68. The fourth-order valence-electron chi connectivity index (χ4n) is 3.29. The molecule has 0 radical (unpaired) electrons. The first kappa shape index (κ1) is 13.9. The van der Waals surface area contributed by atoms with E-state index in [1.54, 1.807) is 17.0 Å². The van der Waals surface area contributed by atoms with Crippen LogP contribution in [0.25, 0.3) is 0 Å². The molecule has 1 unspecified atom stereocenters. The van der Waals surface area contributed by atoms with Crippen molar-refractivity contribution in [2.24, 2.45) is 5.92 Å². The van der Waals surface area contributed by atoms with Gasteiger partial charge in [-0.1, -0.05) is 18.2 Å². The van der Waals surface area contributed by atoms with Crippen LogP contribution >= 0.6 is 0 Å². The molecule has 3 rings (SSSR count). The van der Waals surface area contributed by atoms with Crippen molar-refractivity contribution in [1.82, 2.24) is 0 Å². The summed E-state index contributed by atoms with van der Waals surface area (Å²) >= 11 is 0. The van der Waals surface area contributed by atoms with Crippen molar-refractivity contribution in [1.29, 1.82) is 0 Å². The first-order valence-corrected chi connectivity index (χ1v) is 7.50. The second kappa shape index (κ2) is 5.72. The molecule has 1 aliphatic carbocycles. The maximum Gasteiger partial charge on any atom is 0.336 e. The van der Waals surface area contributed by atoms with E-state index in [-0.39, 0.29) is 11.8 Å². The van der Waals surface area contributed by atoms with Crippen LogP contribution in [0.15, 0.2) is 30.4 Å². The maximum absolute atomic E-state index is 12.7. The van der Waals surface area contributed by atoms with Crippen molar-refractivity contribution in [3.8, 4) is 0 Å². The summed E-state index contributed by atoms with van der Waals surface area (Å²) in [7, 11) is 0. The van der Waals surface area contributed by atoms with Crippen LogP contribution in [0.5, 0.6) is 0 Å². The van der Waals surface area contributed by atoms with Gasteiger partial charge in [0, 0.05) is 18.2 Å². The lowest BCUT2D eigenvalue weighted by Gasteiger charge is -2.33. The maximum atomic E-state index is 12.7. The summed E-state index contributed by atoms with van der Waals surface area (Å²) in [5.74, 6) is -0.737. The molecule has 1 heterocycles. The molecule has 1 N–H and O–H groups in total. The number of anilines is 1. The number of benzene rings is 1. The average Bonchev–Trinajstić information content (AvgIpc) is 2.53. The lowest BCUT2D eigenvalue weighted by molar-refractivity contribution is -0.122. The highest BCUT2D eigenvalue weighted by Gasteiger charge is 2.30. The number of carbonyl (C=O) groups is 2. The molecule has 0 fully saturated rings. The third kappa shape index (κ3) is 2.58. The molecule has 4 nitrogen and oxygen atoms in total. The van der Waals surface area contributed by atoms with Gasteiger partial charge in [-0.05, 0) is 49.8 Å². The quantitative estimate of drug-likeness (QED) is 0.850. The van der Waals surface area contributed by atoms with Gasteiger partial charge in [0.05, 0.1) is 5.56 Å². The molecule has 1 aliphatic heterocycles. The first-order valence-electron chi connectivity index (χ1n) is 7.50. The Kier molecular flexibility index (Phi) is 3.78. The molecule has 0 aromatic heterocycles. The van der Waals surface area contributed by atoms with E-state index in [1.807, 2.05) is 6.07 Å². The topological polar surface area (TPSA) is 57.6 Å². The molecular weight excluding hydrogens is 266 g/mol. The number of hydrogen-bond acceptors (Lipinski definition) is 2. The Morgan fingerprint density at radius 1 is 1.24 bits per heavy atom. The first-order chi connectivity index (χ1) is 10.2. The predicted molar refractivity (Wildman–Crippen MR) is 80.6 cm³/mol. The highest BCUT2D eigenvalue weighted by atomic mass is 16.4. The van der Waals surface area contributed by atoms with E-state index in [9.17, 15) is 14.7 Å². The van der Waals surface area contributed by atoms with Crippen LogP contribution in [0.3, 0.4) is 0 Å². The number of nitrogens with zero attached hydrogens (tertiary/aromatic N) is 1. The Morgan fingerprint density at radius 2 is 2.10 bits per heavy atom. The van der Waals surface area contributed by atoms with Crippen LogP contribution in [0, 0.1) is 5.92 Å². The van der Waals surface area contributed by atoms with E-state index in [0.29, 0.717) is 12.1 Å². The minimum absolute atomic E-state index is 0.0365. The number of amides is 1. The Labute approximate surface area is 124 Å². The summed E-state index contributed by atoms with van der Waals surface area (Å²) in [5.41, 5.74) is 1.92. The second-order valence-electron chi connectivity index (χ2n) is 5.68. The minimum Gasteiger partial charge on any atom is -0.478 e. The van der Waals surface area contributed by atoms with Gasteiger partial charge < -0.3 is 10.0 Å². The van der Waals surface area contributed by atoms with E-state index in [4.69, 9.17) is 0 Å². The zero-order chi connectivity index (χ0) is 14.8.